The van der Waals surface area contributed by atoms with Crippen LogP contribution in [0.3, 0.4) is 0 Å². The van der Waals surface area contributed by atoms with Gasteiger partial charge in [-0.3, -0.25) is 4.90 Å². The summed E-state index contributed by atoms with van der Waals surface area (Å²) in [6.07, 6.45) is 6.79. The minimum Gasteiger partial charge on any atom is -0.474 e. The molecule has 2 aliphatic rings. The highest BCUT2D eigenvalue weighted by Gasteiger charge is 2.33. The van der Waals surface area contributed by atoms with Gasteiger partial charge in [-0.15, -0.1) is 11.3 Å². The lowest BCUT2D eigenvalue weighted by molar-refractivity contribution is 0.0607. The molecular weight excluding hydrogens is 392 g/mol. The number of nitrogens with one attached hydrogen (secondary N) is 1. The molecule has 1 aliphatic carbocycles. The molecule has 0 unspecified atom stereocenters. The van der Waals surface area contributed by atoms with Crippen molar-refractivity contribution in [3.8, 4) is 5.88 Å². The van der Waals surface area contributed by atoms with Crippen LogP contribution in [0.15, 0.2) is 24.5 Å². The molecule has 4 heterocycles. The summed E-state index contributed by atoms with van der Waals surface area (Å²) >= 11 is 1.19. The summed E-state index contributed by atoms with van der Waals surface area (Å²) < 4.78 is 10.7. The van der Waals surface area contributed by atoms with Gasteiger partial charge in [0.2, 0.25) is 5.88 Å². The van der Waals surface area contributed by atoms with Crippen LogP contribution in [-0.4, -0.2) is 35.2 Å². The van der Waals surface area contributed by atoms with E-state index in [1.165, 1.54) is 24.9 Å². The molecule has 5 rings (SSSR count). The number of pyridine rings is 2. The molecule has 8 nitrogen and oxygen atoms in total. The van der Waals surface area contributed by atoms with Gasteiger partial charge in [-0.05, 0) is 37.8 Å². The average Bonchev–Trinajstić information content (AvgIpc) is 3.05. The number of methoxy groups -OCH3 is 1. The lowest BCUT2D eigenvalue weighted by Crippen LogP contribution is -2.34. The van der Waals surface area contributed by atoms with Gasteiger partial charge >= 0.3 is 12.0 Å². The predicted octanol–water partition coefficient (Wildman–Crippen LogP) is 4.40. The summed E-state index contributed by atoms with van der Waals surface area (Å²) in [6, 6.07) is 3.24. The maximum Gasteiger partial charge on any atom is 0.350 e. The van der Waals surface area contributed by atoms with Crippen LogP contribution in [0.25, 0.3) is 10.2 Å². The van der Waals surface area contributed by atoms with Crippen molar-refractivity contribution in [2.75, 3.05) is 17.3 Å². The molecule has 1 N–H and O–H groups in total. The second-order valence-corrected chi connectivity index (χ2v) is 8.05. The summed E-state index contributed by atoms with van der Waals surface area (Å²) in [4.78, 5) is 36.5. The van der Waals surface area contributed by atoms with Gasteiger partial charge in [0.25, 0.3) is 0 Å². The zero-order chi connectivity index (χ0) is 20.1. The van der Waals surface area contributed by atoms with Gasteiger partial charge in [0.15, 0.2) is 0 Å². The van der Waals surface area contributed by atoms with E-state index in [-0.39, 0.29) is 12.1 Å². The number of urea groups is 1. The van der Waals surface area contributed by atoms with Crippen molar-refractivity contribution in [2.45, 2.75) is 32.3 Å². The summed E-state index contributed by atoms with van der Waals surface area (Å²) in [5.41, 5.74) is 2.60. The predicted molar refractivity (Wildman–Crippen MR) is 109 cm³/mol. The lowest BCUT2D eigenvalue weighted by atomic mass is 9.96. The Labute approximate surface area is 170 Å². The van der Waals surface area contributed by atoms with Gasteiger partial charge in [-0.25, -0.2) is 19.6 Å². The smallest absolute Gasteiger partial charge is 0.350 e. The molecule has 1 aliphatic heterocycles. The van der Waals surface area contributed by atoms with Gasteiger partial charge in [-0.1, -0.05) is 0 Å². The molecule has 1 saturated carbocycles. The van der Waals surface area contributed by atoms with E-state index in [4.69, 9.17) is 9.47 Å². The molecule has 148 valence electrons. The Hall–Kier alpha value is -3.20. The number of anilines is 3. The molecule has 1 fully saturated rings. The van der Waals surface area contributed by atoms with Gasteiger partial charge in [-0.2, -0.15) is 0 Å². The van der Waals surface area contributed by atoms with Crippen LogP contribution in [0, 0.1) is 6.92 Å². The van der Waals surface area contributed by atoms with E-state index in [9.17, 15) is 9.59 Å². The zero-order valence-corrected chi connectivity index (χ0v) is 16.7. The lowest BCUT2D eigenvalue weighted by Gasteiger charge is -2.30. The minimum absolute atomic E-state index is 0.232. The highest BCUT2D eigenvalue weighted by Crippen LogP contribution is 2.46. The third kappa shape index (κ3) is 2.80. The molecule has 9 heteroatoms. The summed E-state index contributed by atoms with van der Waals surface area (Å²) in [5.74, 6) is 0.0653. The fourth-order valence-electron chi connectivity index (χ4n) is 3.54. The molecule has 0 radical (unpaired) electrons. The normalized spacial score (nSPS) is 15.8. The molecular formula is C20H18N4O4S. The molecule has 0 bridgehead atoms. The number of nitrogens with zero attached hydrogens (tertiary/aromatic N) is 3. The van der Waals surface area contributed by atoms with Crippen LogP contribution < -0.4 is 15.0 Å². The number of carbonyl (C=O) groups excluding carboxylic acids is 2. The highest BCUT2D eigenvalue weighted by atomic mass is 32.1. The van der Waals surface area contributed by atoms with E-state index in [0.717, 1.165) is 18.4 Å². The van der Waals surface area contributed by atoms with E-state index < -0.39 is 5.97 Å². The highest BCUT2D eigenvalue weighted by molar-refractivity contribution is 7.21. The topological polar surface area (TPSA) is 93.6 Å². The van der Waals surface area contributed by atoms with Gasteiger partial charge in [0.1, 0.15) is 15.8 Å². The van der Waals surface area contributed by atoms with E-state index in [1.807, 2.05) is 13.0 Å². The zero-order valence-electron chi connectivity index (χ0n) is 15.9. The Kier molecular flexibility index (Phi) is 4.13. The standard InChI is InChI=1S/C20H18N4O4S/c1-10-8-14(28-11-4-3-5-11)22-9-13(10)24-12-6-7-21-18-15(12)16(23-20(24)26)17(29-18)19(25)27-2/h6-9,11H,3-5H2,1-2H3,(H,23,26). The average molecular weight is 410 g/mol. The Morgan fingerprint density at radius 1 is 1.31 bits per heavy atom. The second-order valence-electron chi connectivity index (χ2n) is 7.05. The Morgan fingerprint density at radius 2 is 2.14 bits per heavy atom. The molecule has 0 aromatic carbocycles. The number of hydrogen-bond acceptors (Lipinski definition) is 7. The number of rotatable bonds is 4. The van der Waals surface area contributed by atoms with Crippen molar-refractivity contribution in [3.63, 3.8) is 0 Å². The molecule has 0 saturated heterocycles. The molecule has 3 aromatic rings. The van der Waals surface area contributed by atoms with Crippen molar-refractivity contribution < 1.29 is 19.1 Å². The van der Waals surface area contributed by atoms with E-state index in [1.54, 1.807) is 23.4 Å². The first-order valence-corrected chi connectivity index (χ1v) is 10.1. The van der Waals surface area contributed by atoms with Crippen LogP contribution in [0.2, 0.25) is 0 Å². The fraction of sp³-hybridized carbons (Fsp3) is 0.300. The van der Waals surface area contributed by atoms with Crippen LogP contribution in [0.1, 0.15) is 34.5 Å². The molecule has 0 spiro atoms. The summed E-state index contributed by atoms with van der Waals surface area (Å²) in [5, 5.41) is 3.54. The maximum absolute atomic E-state index is 13.0. The molecule has 3 aromatic heterocycles. The molecule has 29 heavy (non-hydrogen) atoms. The third-order valence-electron chi connectivity index (χ3n) is 5.26. The monoisotopic (exact) mass is 410 g/mol. The molecule has 0 atom stereocenters. The number of hydrogen-bond donors (Lipinski definition) is 1. The van der Waals surface area contributed by atoms with Gasteiger partial charge in [0, 0.05) is 12.3 Å². The number of aromatic nitrogens is 2. The summed E-state index contributed by atoms with van der Waals surface area (Å²) in [7, 11) is 1.31. The first kappa shape index (κ1) is 17.9. The third-order valence-corrected chi connectivity index (χ3v) is 6.33. The van der Waals surface area contributed by atoms with Gasteiger partial charge < -0.3 is 14.8 Å². The first-order chi connectivity index (χ1) is 14.1. The van der Waals surface area contributed by atoms with Crippen LogP contribution in [0.5, 0.6) is 5.88 Å². The number of aryl methyl sites for hydroxylation is 1. The van der Waals surface area contributed by atoms with Crippen molar-refractivity contribution in [1.29, 1.82) is 0 Å². The Morgan fingerprint density at radius 3 is 2.83 bits per heavy atom. The number of carbonyl (C=O) groups is 2. The number of esters is 1. The molecule has 2 amide bonds. The van der Waals surface area contributed by atoms with Crippen molar-refractivity contribution in [3.05, 3.63) is 35.0 Å². The van der Waals surface area contributed by atoms with E-state index in [0.29, 0.717) is 38.0 Å². The van der Waals surface area contributed by atoms with Gasteiger partial charge in [0.05, 0.1) is 35.8 Å². The van der Waals surface area contributed by atoms with Crippen molar-refractivity contribution in [2.24, 2.45) is 0 Å². The van der Waals surface area contributed by atoms with Crippen molar-refractivity contribution in [1.82, 2.24) is 9.97 Å². The SMILES string of the molecule is COC(=O)c1sc2nccc3c2c1NC(=O)N3c1cnc(OC2CCC2)cc1C. The minimum atomic E-state index is -0.502. The fourth-order valence-corrected chi connectivity index (χ4v) is 4.58. The second kappa shape index (κ2) is 6.70. The van der Waals surface area contributed by atoms with Crippen LogP contribution in [0.4, 0.5) is 21.9 Å². The number of ether oxygens (including phenoxy) is 2. The van der Waals surface area contributed by atoms with Crippen molar-refractivity contribution >= 4 is 50.6 Å². The first-order valence-electron chi connectivity index (χ1n) is 9.31. The van der Waals surface area contributed by atoms with Crippen LogP contribution >= 0.6 is 11.3 Å². The van der Waals surface area contributed by atoms with E-state index in [2.05, 4.69) is 15.3 Å². The largest absolute Gasteiger partial charge is 0.474 e. The van der Waals surface area contributed by atoms with E-state index >= 15 is 0 Å². The summed E-state index contributed by atoms with van der Waals surface area (Å²) in [6.45, 7) is 1.92. The number of amides is 2. The Bertz CT molecular complexity index is 1150. The number of thiophene rings is 1. The quantitative estimate of drug-likeness (QED) is 0.641. The maximum atomic E-state index is 13.0. The Balaban J connectivity index is 1.59. The van der Waals surface area contributed by atoms with Crippen LogP contribution in [-0.2, 0) is 4.74 Å².